The largest absolute Gasteiger partial charge is 0.445 e. The number of aliphatic hydroxyl groups is 2. The van der Waals surface area contributed by atoms with Crippen LogP contribution in [0.15, 0.2) is 63.4 Å². The van der Waals surface area contributed by atoms with Gasteiger partial charge in [0.05, 0.1) is 5.71 Å². The number of nitrogens with zero attached hydrogens (tertiary/aromatic N) is 1. The Hall–Kier alpha value is -6.38. The molecular formula is C107H143NO12. The molecule has 15 saturated carbocycles. The van der Waals surface area contributed by atoms with Crippen molar-refractivity contribution in [2.24, 2.45) is 156 Å². The highest BCUT2D eigenvalue weighted by molar-refractivity contribution is 5.96. The van der Waals surface area contributed by atoms with Crippen LogP contribution in [0.1, 0.15) is 332 Å². The Labute approximate surface area is 718 Å². The smallest absolute Gasteiger partial charge is 0.304 e. The minimum absolute atomic E-state index is 0.0609. The number of oxime groups is 1. The van der Waals surface area contributed by atoms with Crippen LogP contribution in [0.4, 0.5) is 0 Å². The van der Waals surface area contributed by atoms with E-state index in [9.17, 15) is 43.8 Å². The lowest BCUT2D eigenvalue weighted by Crippen LogP contribution is -2.55. The summed E-state index contributed by atoms with van der Waals surface area (Å²) in [6.07, 6.45) is 76.9. The second kappa shape index (κ2) is 32.9. The number of fused-ring (bicyclic) bond motifs is 25. The molecule has 0 aliphatic heterocycles. The van der Waals surface area contributed by atoms with E-state index < -0.39 is 22.4 Å². The van der Waals surface area contributed by atoms with Crippen LogP contribution in [-0.2, 0) is 43.0 Å². The summed E-state index contributed by atoms with van der Waals surface area (Å²) in [4.78, 5) is 82.8. The highest BCUT2D eigenvalue weighted by atomic mass is 16.6. The van der Waals surface area contributed by atoms with Crippen molar-refractivity contribution in [3.05, 3.63) is 58.2 Å². The third-order valence-corrected chi connectivity index (χ3v) is 40.6. The fraction of sp³-hybridized carbons (Fsp3) is 0.757. The van der Waals surface area contributed by atoms with Crippen molar-refractivity contribution >= 4 is 46.6 Å². The van der Waals surface area contributed by atoms with E-state index in [4.69, 9.17) is 40.4 Å². The van der Waals surface area contributed by atoms with E-state index in [1.165, 1.54) is 93.1 Å². The number of esters is 2. The van der Waals surface area contributed by atoms with Crippen LogP contribution in [0, 0.1) is 200 Å². The van der Waals surface area contributed by atoms with E-state index >= 15 is 0 Å². The van der Waals surface area contributed by atoms with E-state index in [2.05, 4.69) is 76.5 Å². The molecule has 15 fully saturated rings. The van der Waals surface area contributed by atoms with E-state index in [0.717, 1.165) is 235 Å². The van der Waals surface area contributed by atoms with Crippen LogP contribution in [0.3, 0.4) is 0 Å². The van der Waals surface area contributed by atoms with Gasteiger partial charge < -0.3 is 24.9 Å². The number of terminal acetylenes is 4. The van der Waals surface area contributed by atoms with Gasteiger partial charge >= 0.3 is 11.9 Å². The second-order valence-electron chi connectivity index (χ2n) is 43.9. The predicted octanol–water partition coefficient (Wildman–Crippen LogP) is 20.9. The summed E-state index contributed by atoms with van der Waals surface area (Å²) in [7, 11) is 0. The average Bonchev–Trinajstić information content (AvgIpc) is 1.60. The van der Waals surface area contributed by atoms with Crippen LogP contribution < -0.4 is 0 Å². The Morgan fingerprint density at radius 1 is 0.383 bits per heavy atom. The standard InChI is InChI=1S/C23H31NO3.C22H28O3.C21H30O2.C21H28O2.C20H26O2/c1-4-22-12-10-19-18-9-7-17(24-26)14-16(18)6-8-20(19)21(22)11-13-23(22,5-2)27-15(3)25;1-4-22(25-14(2)23)12-10-20-19-7-5-15-13-16(24)6-8-17(15)18(19)9-11-21(20,22)3;1-13(22)17-6-7-18-16-5-4-14-12-15(23)8-10-20(14,2)19(16)9-11-21(17,18)3;1-3-20-11-9-17-16-8-6-15(22)13-14(16)5-7-18(17)19(20)10-12-21(20,23)4-2;1-3-20(22)11-9-18-17-6-4-13-12-14(21)5-7-15(13)16(17)8-10-19(18,20)2/h2,14,18-21,26H,4,6-13H2,1,3H3;1,13,17-20H,5-12H2,2-3H3;12,16-19H,4-11H2,1-3H3;2,13,16-19,23H,3,5-12H2,1H3;1,12,15-18,22H,4-11H2,2H3/b24-17+;;;;/t18-,19+,20+,21-,22-,23-;17-,18+,19+,20-,21-,22-;16-,17+,18-,19-,20-,21+;16-,17+,18+,19-,20-,21?;15-,16+,17+,18-,19-,20-/m00000/s1. The molecule has 0 spiro atoms. The lowest BCUT2D eigenvalue weighted by molar-refractivity contribution is -0.171. The summed E-state index contributed by atoms with van der Waals surface area (Å²) in [5.41, 5.74) is 4.94. The first-order valence-electron chi connectivity index (χ1n) is 48.4. The molecule has 120 heavy (non-hydrogen) atoms. The van der Waals surface area contributed by atoms with Gasteiger partial charge in [-0.3, -0.25) is 33.6 Å². The van der Waals surface area contributed by atoms with Crippen molar-refractivity contribution in [1.29, 1.82) is 0 Å². The third-order valence-electron chi connectivity index (χ3n) is 40.6. The SMILES string of the molecule is C#CC1(O)CC[C@H]2[C@@H]3CCC4=CC(=O)CC[C@@H]4[C@H]3CC[C@@]21CC.C#C[C@]1(O)CC[C@H]2[C@@H]3CCC4=CC(=O)CC[C@@H]4[C@H]3CC[C@@]21C.C#C[C@]1(OC(C)=O)CC[C@H]2[C@@H]3CCC4=C/C(=N/O)CC[C@@H]4[C@H]3CC[C@@]21CC.C#C[C@]1(OC(C)=O)CC[C@H]2[C@@H]3CCC4=CC(=O)CC[C@@H]4[C@H]3CC[C@@]21C.CC(=O)[C@H]1CC[C@H]2[C@@H]3CCC4=CC(=O)CC[C@]4(C)[C@H]3CC[C@]12C. The molecule has 1 unspecified atom stereocenters. The maximum Gasteiger partial charge on any atom is 0.304 e. The highest BCUT2D eigenvalue weighted by Crippen LogP contribution is 2.73. The molecule has 0 aromatic heterocycles. The summed E-state index contributed by atoms with van der Waals surface area (Å²) in [5, 5.41) is 34.6. The Morgan fingerprint density at radius 3 is 1.31 bits per heavy atom. The number of carbonyl (C=O) groups excluding carboxylic acids is 7. The number of carbonyl (C=O) groups is 7. The molecule has 0 aromatic carbocycles. The molecule has 0 saturated heterocycles. The first-order chi connectivity index (χ1) is 57.3. The summed E-state index contributed by atoms with van der Waals surface area (Å²) < 4.78 is 11.7. The first-order valence-corrected chi connectivity index (χ1v) is 48.4. The van der Waals surface area contributed by atoms with Gasteiger partial charge in [0.2, 0.25) is 0 Å². The Balaban J connectivity index is 0.000000112. The van der Waals surface area contributed by atoms with Gasteiger partial charge in [0.25, 0.3) is 0 Å². The van der Waals surface area contributed by atoms with E-state index in [-0.39, 0.29) is 44.4 Å². The minimum atomic E-state index is -0.902. The van der Waals surface area contributed by atoms with Crippen molar-refractivity contribution < 1.29 is 58.5 Å². The molecule has 0 amide bonds. The van der Waals surface area contributed by atoms with Crippen LogP contribution >= 0.6 is 0 Å². The Kier molecular flexibility index (Phi) is 23.9. The molecular weight excluding hydrogens is 1490 g/mol. The first kappa shape index (κ1) is 87.1. The van der Waals surface area contributed by atoms with Gasteiger partial charge in [-0.25, -0.2) is 0 Å². The molecule has 0 bridgehead atoms. The zero-order valence-corrected chi connectivity index (χ0v) is 74.4. The Bertz CT molecular complexity index is 4480. The van der Waals surface area contributed by atoms with Crippen LogP contribution in [-0.4, -0.2) is 84.4 Å². The summed E-state index contributed by atoms with van der Waals surface area (Å²) in [6.45, 7) is 18.5. The van der Waals surface area contributed by atoms with Crippen LogP contribution in [0.2, 0.25) is 0 Å². The van der Waals surface area contributed by atoms with E-state index in [1.54, 1.807) is 6.92 Å². The number of ether oxygens (including phenoxy) is 2. The number of hydrogen-bond acceptors (Lipinski definition) is 13. The molecule has 13 nitrogen and oxygen atoms in total. The zero-order valence-electron chi connectivity index (χ0n) is 74.4. The molecule has 0 heterocycles. The Morgan fingerprint density at radius 2 is 0.800 bits per heavy atom. The number of Topliss-reactive ketones (excluding diaryl/α,β-unsaturated/α-hetero) is 1. The maximum absolute atomic E-state index is 12.1. The minimum Gasteiger partial charge on any atom is -0.445 e. The predicted molar refractivity (Wildman–Crippen MR) is 467 cm³/mol. The summed E-state index contributed by atoms with van der Waals surface area (Å²) >= 11 is 0. The number of hydrogen-bond donors (Lipinski definition) is 3. The fourth-order valence-corrected chi connectivity index (χ4v) is 34.9. The van der Waals surface area contributed by atoms with Gasteiger partial charge in [0, 0.05) is 67.1 Å². The molecule has 13 heteroatoms. The van der Waals surface area contributed by atoms with E-state index in [0.29, 0.717) is 136 Å². The van der Waals surface area contributed by atoms with Gasteiger partial charge in [-0.05, 0) is 405 Å². The quantitative estimate of drug-likeness (QED) is 0.102. The van der Waals surface area contributed by atoms with Crippen molar-refractivity contribution in [1.82, 2.24) is 0 Å². The van der Waals surface area contributed by atoms with Gasteiger partial charge in [-0.15, -0.1) is 25.7 Å². The van der Waals surface area contributed by atoms with Crippen molar-refractivity contribution in [3.8, 4) is 49.4 Å². The number of rotatable bonds is 5. The molecule has 20 aliphatic rings. The van der Waals surface area contributed by atoms with Crippen LogP contribution in [0.25, 0.3) is 0 Å². The number of allylic oxidation sites excluding steroid dienone is 6. The van der Waals surface area contributed by atoms with Gasteiger partial charge in [-0.2, -0.15) is 0 Å². The average molecular weight is 1640 g/mol. The molecule has 0 radical (unpaired) electrons. The zero-order chi connectivity index (χ0) is 85.2. The second-order valence-corrected chi connectivity index (χ2v) is 43.9. The van der Waals surface area contributed by atoms with Gasteiger partial charge in [0.15, 0.2) is 34.3 Å². The molecule has 648 valence electrons. The monoisotopic (exact) mass is 1630 g/mol. The molecule has 3 N–H and O–H groups in total. The fourth-order valence-electron chi connectivity index (χ4n) is 34.9. The highest BCUT2D eigenvalue weighted by Gasteiger charge is 2.70. The maximum atomic E-state index is 12.1. The topological polar surface area (TPSA) is 211 Å². The summed E-state index contributed by atoms with van der Waals surface area (Å²) in [6, 6.07) is 0. The normalized spacial score (nSPS) is 47.5. The van der Waals surface area contributed by atoms with E-state index in [1.807, 2.05) is 24.3 Å². The lowest BCUT2D eigenvalue weighted by Gasteiger charge is -2.58. The number of ketones is 5. The van der Waals surface area contributed by atoms with Gasteiger partial charge in [-0.1, -0.05) is 98.2 Å². The molecule has 0 aromatic rings. The molecule has 20 rings (SSSR count). The molecule has 20 aliphatic carbocycles. The van der Waals surface area contributed by atoms with Crippen molar-refractivity contribution in [3.63, 3.8) is 0 Å². The van der Waals surface area contributed by atoms with Crippen LogP contribution in [0.5, 0.6) is 0 Å². The van der Waals surface area contributed by atoms with Gasteiger partial charge in [0.1, 0.15) is 17.0 Å². The lowest BCUT2D eigenvalue weighted by atomic mass is 9.47. The summed E-state index contributed by atoms with van der Waals surface area (Å²) in [5.74, 6) is 25.3. The van der Waals surface area contributed by atoms with Crippen molar-refractivity contribution in [2.75, 3.05) is 0 Å². The molecule has 30 atom stereocenters. The van der Waals surface area contributed by atoms with Crippen molar-refractivity contribution in [2.45, 2.75) is 354 Å². The third kappa shape index (κ3) is 13.9.